The van der Waals surface area contributed by atoms with Crippen molar-refractivity contribution in [3.63, 3.8) is 0 Å². The molecule has 104 valence electrons. The zero-order valence-corrected chi connectivity index (χ0v) is 11.5. The van der Waals surface area contributed by atoms with E-state index >= 15 is 0 Å². The van der Waals surface area contributed by atoms with Crippen LogP contribution in [0, 0.1) is 5.92 Å². The topological polar surface area (TPSA) is 49.8 Å². The molecule has 1 saturated heterocycles. The summed E-state index contributed by atoms with van der Waals surface area (Å²) in [6.45, 7) is 2.96. The summed E-state index contributed by atoms with van der Waals surface area (Å²) in [6.07, 6.45) is 7.61. The number of nitrogens with zero attached hydrogens (tertiary/aromatic N) is 1. The van der Waals surface area contributed by atoms with Gasteiger partial charge in [-0.25, -0.2) is 4.79 Å². The number of hydrogen-bond acceptors (Lipinski definition) is 4. The highest BCUT2D eigenvalue weighted by Crippen LogP contribution is 2.35. The summed E-state index contributed by atoms with van der Waals surface area (Å²) in [5.74, 6) is 0.237. The van der Waals surface area contributed by atoms with Gasteiger partial charge in [0.25, 0.3) is 0 Å². The molecule has 0 aromatic carbocycles. The second-order valence-corrected chi connectivity index (χ2v) is 5.99. The number of piperidine rings is 1. The lowest BCUT2D eigenvalue weighted by Gasteiger charge is -2.45. The summed E-state index contributed by atoms with van der Waals surface area (Å²) in [4.78, 5) is 13.9. The lowest BCUT2D eigenvalue weighted by molar-refractivity contribution is -0.164. The van der Waals surface area contributed by atoms with E-state index in [0.717, 1.165) is 12.5 Å². The fraction of sp³-hybridized carbons (Fsp3) is 0.929. The summed E-state index contributed by atoms with van der Waals surface area (Å²) < 4.78 is 4.68. The van der Waals surface area contributed by atoms with Gasteiger partial charge in [-0.05, 0) is 45.1 Å². The summed E-state index contributed by atoms with van der Waals surface area (Å²) >= 11 is 0. The molecule has 2 rings (SSSR count). The first kappa shape index (κ1) is 13.8. The third kappa shape index (κ3) is 2.86. The SMILES string of the molecule is COC(=O)C(C)(O)CN1CCCC2CCCCC21. The van der Waals surface area contributed by atoms with E-state index in [4.69, 9.17) is 0 Å². The van der Waals surface area contributed by atoms with Gasteiger partial charge in [-0.3, -0.25) is 4.90 Å². The average Bonchev–Trinajstić information content (AvgIpc) is 2.38. The molecule has 0 bridgehead atoms. The molecule has 2 fully saturated rings. The Labute approximate surface area is 109 Å². The van der Waals surface area contributed by atoms with Gasteiger partial charge in [0.1, 0.15) is 0 Å². The summed E-state index contributed by atoms with van der Waals surface area (Å²) in [6, 6.07) is 0.559. The van der Waals surface area contributed by atoms with Crippen molar-refractivity contribution in [2.24, 2.45) is 5.92 Å². The highest BCUT2D eigenvalue weighted by Gasteiger charge is 2.39. The number of carbonyl (C=O) groups excluding carboxylic acids is 1. The molecule has 3 atom stereocenters. The number of aliphatic hydroxyl groups is 1. The Hall–Kier alpha value is -0.610. The van der Waals surface area contributed by atoms with Crippen LogP contribution in [0.15, 0.2) is 0 Å². The molecule has 0 radical (unpaired) electrons. The van der Waals surface area contributed by atoms with Crippen molar-refractivity contribution in [3.05, 3.63) is 0 Å². The predicted molar refractivity (Wildman–Crippen MR) is 69.2 cm³/mol. The van der Waals surface area contributed by atoms with E-state index in [2.05, 4.69) is 9.64 Å². The molecule has 0 amide bonds. The molecule has 1 aliphatic carbocycles. The molecule has 4 heteroatoms. The molecule has 0 spiro atoms. The van der Waals surface area contributed by atoms with Gasteiger partial charge in [0, 0.05) is 12.6 Å². The standard InChI is InChI=1S/C14H25NO3/c1-14(17,13(16)18-2)10-15-9-5-7-11-6-3-4-8-12(11)15/h11-12,17H,3-10H2,1-2H3. The Morgan fingerprint density at radius 3 is 2.72 bits per heavy atom. The number of fused-ring (bicyclic) bond motifs is 1. The number of β-amino-alcohol motifs (C(OH)–C–C–N with tert-alkyl or cyclic N) is 1. The fourth-order valence-electron chi connectivity index (χ4n) is 3.60. The van der Waals surface area contributed by atoms with Gasteiger partial charge < -0.3 is 9.84 Å². The van der Waals surface area contributed by atoms with Crippen LogP contribution in [0.4, 0.5) is 0 Å². The van der Waals surface area contributed by atoms with E-state index in [1.165, 1.54) is 45.6 Å². The maximum atomic E-state index is 11.6. The number of rotatable bonds is 3. The van der Waals surface area contributed by atoms with Crippen molar-refractivity contribution in [1.82, 2.24) is 4.90 Å². The average molecular weight is 255 g/mol. The largest absolute Gasteiger partial charge is 0.467 e. The first-order valence-electron chi connectivity index (χ1n) is 7.09. The van der Waals surface area contributed by atoms with Crippen LogP contribution < -0.4 is 0 Å². The smallest absolute Gasteiger partial charge is 0.338 e. The third-order valence-electron chi connectivity index (χ3n) is 4.49. The zero-order chi connectivity index (χ0) is 13.2. The minimum Gasteiger partial charge on any atom is -0.467 e. The van der Waals surface area contributed by atoms with Crippen LogP contribution in [0.25, 0.3) is 0 Å². The lowest BCUT2D eigenvalue weighted by Crippen LogP contribution is -2.55. The molecule has 1 N–H and O–H groups in total. The van der Waals surface area contributed by atoms with Crippen LogP contribution >= 0.6 is 0 Å². The van der Waals surface area contributed by atoms with E-state index in [1.54, 1.807) is 6.92 Å². The van der Waals surface area contributed by atoms with E-state index in [9.17, 15) is 9.90 Å². The highest BCUT2D eigenvalue weighted by molar-refractivity contribution is 5.78. The summed E-state index contributed by atoms with van der Waals surface area (Å²) in [5.41, 5.74) is -1.38. The maximum absolute atomic E-state index is 11.6. The normalized spacial score (nSPS) is 32.4. The lowest BCUT2D eigenvalue weighted by atomic mass is 9.78. The minimum atomic E-state index is -1.38. The number of methoxy groups -OCH3 is 1. The quantitative estimate of drug-likeness (QED) is 0.778. The van der Waals surface area contributed by atoms with E-state index in [0.29, 0.717) is 12.6 Å². The fourth-order valence-corrected chi connectivity index (χ4v) is 3.60. The summed E-state index contributed by atoms with van der Waals surface area (Å²) in [5, 5.41) is 10.2. The Kier molecular flexibility index (Phi) is 4.28. The summed E-state index contributed by atoms with van der Waals surface area (Å²) in [7, 11) is 1.33. The number of hydrogen-bond donors (Lipinski definition) is 1. The van der Waals surface area contributed by atoms with Crippen molar-refractivity contribution in [2.45, 2.75) is 57.1 Å². The molecule has 0 aromatic rings. The number of ether oxygens (including phenoxy) is 1. The van der Waals surface area contributed by atoms with Crippen molar-refractivity contribution in [1.29, 1.82) is 0 Å². The molecular weight excluding hydrogens is 230 g/mol. The Morgan fingerprint density at radius 2 is 2.00 bits per heavy atom. The maximum Gasteiger partial charge on any atom is 0.338 e. The van der Waals surface area contributed by atoms with Crippen LogP contribution in [-0.2, 0) is 9.53 Å². The number of likely N-dealkylation sites (tertiary alicyclic amines) is 1. The Balaban J connectivity index is 2.01. The number of esters is 1. The van der Waals surface area contributed by atoms with E-state index < -0.39 is 11.6 Å². The van der Waals surface area contributed by atoms with Crippen LogP contribution in [0.1, 0.15) is 45.4 Å². The van der Waals surface area contributed by atoms with Gasteiger partial charge in [0.05, 0.1) is 7.11 Å². The molecule has 18 heavy (non-hydrogen) atoms. The van der Waals surface area contributed by atoms with Gasteiger partial charge >= 0.3 is 5.97 Å². The first-order chi connectivity index (χ1) is 8.54. The van der Waals surface area contributed by atoms with Crippen LogP contribution in [0.5, 0.6) is 0 Å². The molecule has 1 saturated carbocycles. The minimum absolute atomic E-state index is 0.404. The molecule has 0 aromatic heterocycles. The van der Waals surface area contributed by atoms with Gasteiger partial charge in [0.15, 0.2) is 5.60 Å². The highest BCUT2D eigenvalue weighted by atomic mass is 16.5. The van der Waals surface area contributed by atoms with Gasteiger partial charge in [-0.15, -0.1) is 0 Å². The molecule has 4 nitrogen and oxygen atoms in total. The van der Waals surface area contributed by atoms with Crippen LogP contribution in [-0.4, -0.2) is 47.8 Å². The van der Waals surface area contributed by atoms with Crippen molar-refractivity contribution in [2.75, 3.05) is 20.2 Å². The van der Waals surface area contributed by atoms with E-state index in [1.807, 2.05) is 0 Å². The van der Waals surface area contributed by atoms with Crippen molar-refractivity contribution < 1.29 is 14.6 Å². The first-order valence-corrected chi connectivity index (χ1v) is 7.09. The van der Waals surface area contributed by atoms with Crippen molar-refractivity contribution >= 4 is 5.97 Å². The van der Waals surface area contributed by atoms with Gasteiger partial charge in [-0.1, -0.05) is 12.8 Å². The van der Waals surface area contributed by atoms with Gasteiger partial charge in [-0.2, -0.15) is 0 Å². The predicted octanol–water partition coefficient (Wildman–Crippen LogP) is 1.56. The second kappa shape index (κ2) is 5.57. The van der Waals surface area contributed by atoms with Gasteiger partial charge in [0.2, 0.25) is 0 Å². The molecule has 1 heterocycles. The molecule has 2 aliphatic rings. The van der Waals surface area contributed by atoms with Crippen molar-refractivity contribution in [3.8, 4) is 0 Å². The Morgan fingerprint density at radius 1 is 1.33 bits per heavy atom. The monoisotopic (exact) mass is 255 g/mol. The third-order valence-corrected chi connectivity index (χ3v) is 4.49. The second-order valence-electron chi connectivity index (χ2n) is 5.99. The molecule has 1 aliphatic heterocycles. The molecule has 3 unspecified atom stereocenters. The molecular formula is C14H25NO3. The number of carbonyl (C=O) groups is 1. The van der Waals surface area contributed by atoms with Crippen LogP contribution in [0.2, 0.25) is 0 Å². The van der Waals surface area contributed by atoms with Crippen LogP contribution in [0.3, 0.4) is 0 Å². The zero-order valence-electron chi connectivity index (χ0n) is 11.5. The Bertz CT molecular complexity index is 301. The van der Waals surface area contributed by atoms with E-state index in [-0.39, 0.29) is 0 Å².